The highest BCUT2D eigenvalue weighted by atomic mass is 19.4. The van der Waals surface area contributed by atoms with Crippen molar-refractivity contribution in [2.45, 2.75) is 25.1 Å². The number of imidazole rings is 1. The summed E-state index contributed by atoms with van der Waals surface area (Å²) in [6, 6.07) is 7.54. The second kappa shape index (κ2) is 8.52. The van der Waals surface area contributed by atoms with Gasteiger partial charge >= 0.3 is 6.18 Å². The second-order valence-electron chi connectivity index (χ2n) is 7.94. The van der Waals surface area contributed by atoms with Crippen LogP contribution in [0.15, 0.2) is 49.1 Å². The second-order valence-corrected chi connectivity index (χ2v) is 7.94. The number of anilines is 3. The first-order valence-corrected chi connectivity index (χ1v) is 10.7. The number of aromatic nitrogens is 5. The molecule has 1 aromatic carbocycles. The Balaban J connectivity index is 1.45. The molecule has 2 N–H and O–H groups in total. The van der Waals surface area contributed by atoms with Crippen LogP contribution >= 0.6 is 0 Å². The molecule has 178 valence electrons. The van der Waals surface area contributed by atoms with Crippen molar-refractivity contribution in [3.63, 3.8) is 0 Å². The van der Waals surface area contributed by atoms with Gasteiger partial charge in [0.25, 0.3) is 0 Å². The summed E-state index contributed by atoms with van der Waals surface area (Å²) >= 11 is 0. The number of benzene rings is 1. The maximum absolute atomic E-state index is 13.4. The molecule has 1 atom stereocenters. The third-order valence-corrected chi connectivity index (χ3v) is 5.84. The first-order valence-electron chi connectivity index (χ1n) is 10.7. The number of nitrogens with zero attached hydrogens (tertiary/aromatic N) is 6. The van der Waals surface area contributed by atoms with Gasteiger partial charge in [-0.25, -0.2) is 9.50 Å². The molecule has 34 heavy (non-hydrogen) atoms. The number of aliphatic hydroxyl groups is 1. The molecule has 0 amide bonds. The third kappa shape index (κ3) is 4.00. The van der Waals surface area contributed by atoms with Crippen LogP contribution in [0.25, 0.3) is 11.2 Å². The van der Waals surface area contributed by atoms with Crippen molar-refractivity contribution in [1.82, 2.24) is 24.1 Å². The SMILES string of the molecule is COc1ccc(-n2cnc(Nc3nc(N4CCC[C@H]4CO)c4cccn4n3)c2)cc1C(F)(F)F. The van der Waals surface area contributed by atoms with E-state index in [1.165, 1.54) is 30.1 Å². The predicted octanol–water partition coefficient (Wildman–Crippen LogP) is 3.65. The van der Waals surface area contributed by atoms with Gasteiger partial charge in [-0.3, -0.25) is 0 Å². The van der Waals surface area contributed by atoms with Crippen molar-refractivity contribution in [3.8, 4) is 11.4 Å². The number of hydrogen-bond donors (Lipinski definition) is 2. The Morgan fingerprint density at radius 3 is 2.88 bits per heavy atom. The molecule has 9 nitrogen and oxygen atoms in total. The number of alkyl halides is 3. The fourth-order valence-corrected chi connectivity index (χ4v) is 4.21. The molecule has 0 spiro atoms. The average Bonchev–Trinajstić information content (AvgIpc) is 3.58. The summed E-state index contributed by atoms with van der Waals surface area (Å²) < 4.78 is 48.2. The van der Waals surface area contributed by atoms with Crippen molar-refractivity contribution in [3.05, 3.63) is 54.6 Å². The number of nitrogens with one attached hydrogen (secondary N) is 1. The quantitative estimate of drug-likeness (QED) is 0.442. The molecule has 4 heterocycles. The van der Waals surface area contributed by atoms with Crippen molar-refractivity contribution < 1.29 is 23.0 Å². The van der Waals surface area contributed by atoms with Gasteiger partial charge in [0.05, 0.1) is 31.5 Å². The molecule has 0 bridgehead atoms. The molecule has 0 radical (unpaired) electrons. The van der Waals surface area contributed by atoms with E-state index in [0.717, 1.165) is 31.0 Å². The van der Waals surface area contributed by atoms with Crippen LogP contribution in [0.5, 0.6) is 5.75 Å². The van der Waals surface area contributed by atoms with E-state index in [9.17, 15) is 18.3 Å². The van der Waals surface area contributed by atoms with E-state index in [0.29, 0.717) is 11.6 Å². The highest BCUT2D eigenvalue weighted by Crippen LogP contribution is 2.37. The van der Waals surface area contributed by atoms with E-state index in [4.69, 9.17) is 4.74 Å². The molecule has 3 aromatic heterocycles. The maximum Gasteiger partial charge on any atom is 0.420 e. The molecule has 0 unspecified atom stereocenters. The maximum atomic E-state index is 13.4. The normalized spacial score (nSPS) is 16.4. The van der Waals surface area contributed by atoms with Crippen LogP contribution in [-0.4, -0.2) is 55.6 Å². The lowest BCUT2D eigenvalue weighted by atomic mass is 10.1. The van der Waals surface area contributed by atoms with Gasteiger partial charge < -0.3 is 24.6 Å². The smallest absolute Gasteiger partial charge is 0.420 e. The van der Waals surface area contributed by atoms with Crippen LogP contribution in [0.4, 0.5) is 30.8 Å². The van der Waals surface area contributed by atoms with Gasteiger partial charge in [0.15, 0.2) is 11.6 Å². The lowest BCUT2D eigenvalue weighted by molar-refractivity contribution is -0.138. The number of fused-ring (bicyclic) bond motifs is 1. The minimum Gasteiger partial charge on any atom is -0.496 e. The summed E-state index contributed by atoms with van der Waals surface area (Å²) in [5.74, 6) is 1.09. The zero-order valence-electron chi connectivity index (χ0n) is 18.2. The van der Waals surface area contributed by atoms with Crippen LogP contribution in [0, 0.1) is 0 Å². The first kappa shape index (κ1) is 22.0. The van der Waals surface area contributed by atoms with E-state index >= 15 is 0 Å². The summed E-state index contributed by atoms with van der Waals surface area (Å²) in [4.78, 5) is 11.0. The van der Waals surface area contributed by atoms with Crippen LogP contribution in [0.2, 0.25) is 0 Å². The van der Waals surface area contributed by atoms with Crippen LogP contribution in [-0.2, 0) is 6.18 Å². The topological polar surface area (TPSA) is 92.7 Å². The fraction of sp³-hybridized carbons (Fsp3) is 0.318. The fourth-order valence-electron chi connectivity index (χ4n) is 4.21. The molecule has 1 saturated heterocycles. The minimum atomic E-state index is -4.55. The Bertz CT molecular complexity index is 1320. The summed E-state index contributed by atoms with van der Waals surface area (Å²) in [5.41, 5.74) is 0.221. The van der Waals surface area contributed by atoms with E-state index < -0.39 is 11.7 Å². The highest BCUT2D eigenvalue weighted by molar-refractivity contribution is 5.71. The summed E-state index contributed by atoms with van der Waals surface area (Å²) in [6.45, 7) is 0.808. The lowest BCUT2D eigenvalue weighted by Crippen LogP contribution is -2.33. The Morgan fingerprint density at radius 1 is 1.26 bits per heavy atom. The number of methoxy groups -OCH3 is 1. The Kier molecular flexibility index (Phi) is 5.52. The zero-order valence-corrected chi connectivity index (χ0v) is 18.2. The largest absolute Gasteiger partial charge is 0.496 e. The minimum absolute atomic E-state index is 0.0152. The summed E-state index contributed by atoms with van der Waals surface area (Å²) in [5, 5.41) is 17.2. The Hall–Kier alpha value is -3.80. The van der Waals surface area contributed by atoms with Crippen LogP contribution in [0.1, 0.15) is 18.4 Å². The van der Waals surface area contributed by atoms with Gasteiger partial charge in [0, 0.05) is 18.4 Å². The molecule has 0 saturated carbocycles. The van der Waals surface area contributed by atoms with Crippen molar-refractivity contribution in [2.24, 2.45) is 0 Å². The molecule has 1 aliphatic heterocycles. The number of aliphatic hydroxyl groups excluding tert-OH is 1. The predicted molar refractivity (Wildman–Crippen MR) is 119 cm³/mol. The molecule has 1 aliphatic rings. The van der Waals surface area contributed by atoms with Crippen molar-refractivity contribution >= 4 is 23.1 Å². The van der Waals surface area contributed by atoms with Gasteiger partial charge in [0.2, 0.25) is 5.95 Å². The van der Waals surface area contributed by atoms with E-state index in [-0.39, 0.29) is 30.0 Å². The number of rotatable bonds is 6. The number of halogens is 3. The molecule has 0 aliphatic carbocycles. The number of hydrogen-bond acceptors (Lipinski definition) is 7. The monoisotopic (exact) mass is 473 g/mol. The van der Waals surface area contributed by atoms with E-state index in [2.05, 4.69) is 25.3 Å². The molecule has 4 aromatic rings. The van der Waals surface area contributed by atoms with Crippen LogP contribution in [0.3, 0.4) is 0 Å². The van der Waals surface area contributed by atoms with E-state index in [1.807, 2.05) is 12.1 Å². The van der Waals surface area contributed by atoms with Gasteiger partial charge in [-0.2, -0.15) is 18.2 Å². The standard InChI is InChI=1S/C22H22F3N7O2/c1-34-18-7-6-14(10-16(18)22(23,24)25)30-11-19(26-13-30)27-21-28-20(17-5-3-9-32(17)29-21)31-8-2-4-15(31)12-33/h3,5-7,9-11,13,15,33H,2,4,8,12H2,1H3,(H,27,29)/t15-/m0/s1. The Labute approximate surface area is 192 Å². The average molecular weight is 473 g/mol. The van der Waals surface area contributed by atoms with E-state index in [1.54, 1.807) is 16.9 Å². The van der Waals surface area contributed by atoms with Crippen LogP contribution < -0.4 is 15.0 Å². The lowest BCUT2D eigenvalue weighted by Gasteiger charge is -2.25. The molecule has 5 rings (SSSR count). The van der Waals surface area contributed by atoms with Crippen molar-refractivity contribution in [2.75, 3.05) is 30.5 Å². The molecular weight excluding hydrogens is 451 g/mol. The zero-order chi connectivity index (χ0) is 23.9. The van der Waals surface area contributed by atoms with Gasteiger partial charge in [-0.05, 0) is 43.2 Å². The van der Waals surface area contributed by atoms with Crippen molar-refractivity contribution in [1.29, 1.82) is 0 Å². The van der Waals surface area contributed by atoms with Gasteiger partial charge in [-0.15, -0.1) is 5.10 Å². The highest BCUT2D eigenvalue weighted by Gasteiger charge is 2.34. The van der Waals surface area contributed by atoms with Gasteiger partial charge in [-0.1, -0.05) is 0 Å². The Morgan fingerprint density at radius 2 is 2.12 bits per heavy atom. The first-order chi connectivity index (χ1) is 16.4. The molecule has 1 fully saturated rings. The van der Waals surface area contributed by atoms with Gasteiger partial charge in [0.1, 0.15) is 17.6 Å². The summed E-state index contributed by atoms with van der Waals surface area (Å²) in [7, 11) is 1.20. The molecule has 12 heteroatoms. The third-order valence-electron chi connectivity index (χ3n) is 5.84. The molecular formula is C22H22F3N7O2. The number of ether oxygens (including phenoxy) is 1. The summed E-state index contributed by atoms with van der Waals surface area (Å²) in [6.07, 6.45) is 2.03.